The molecule has 0 spiro atoms. The average molecular weight is 362 g/mol. The summed E-state index contributed by atoms with van der Waals surface area (Å²) in [6, 6.07) is 15.8. The Kier molecular flexibility index (Phi) is 4.71. The van der Waals surface area contributed by atoms with Crippen molar-refractivity contribution >= 4 is 11.5 Å². The molecule has 1 aromatic carbocycles. The van der Waals surface area contributed by atoms with E-state index >= 15 is 0 Å². The van der Waals surface area contributed by atoms with Gasteiger partial charge in [-0.25, -0.2) is 4.98 Å². The predicted molar refractivity (Wildman–Crippen MR) is 115 cm³/mol. The number of fused-ring (bicyclic) bond motifs is 1. The van der Waals surface area contributed by atoms with Crippen LogP contribution in [0.25, 0.3) is 16.9 Å². The first-order valence-corrected chi connectivity index (χ1v) is 10.3. The average Bonchev–Trinajstić information content (AvgIpc) is 3.02. The van der Waals surface area contributed by atoms with Crippen LogP contribution in [-0.4, -0.2) is 15.4 Å². The van der Waals surface area contributed by atoms with Crippen molar-refractivity contribution in [2.24, 2.45) is 0 Å². The van der Waals surface area contributed by atoms with Gasteiger partial charge >= 0.3 is 0 Å². The van der Waals surface area contributed by atoms with Crippen LogP contribution in [0.15, 0.2) is 42.5 Å². The lowest BCUT2D eigenvalue weighted by Gasteiger charge is -2.24. The summed E-state index contributed by atoms with van der Waals surface area (Å²) in [7, 11) is 0. The molecule has 0 unspecified atom stereocenters. The number of pyridine rings is 1. The third-order valence-corrected chi connectivity index (χ3v) is 5.81. The molecular weight excluding hydrogens is 330 g/mol. The molecule has 142 valence electrons. The zero-order chi connectivity index (χ0) is 19.0. The highest BCUT2D eigenvalue weighted by Crippen LogP contribution is 2.33. The van der Waals surface area contributed by atoms with Crippen LogP contribution < -0.4 is 5.32 Å². The lowest BCUT2D eigenvalue weighted by atomic mass is 9.86. The van der Waals surface area contributed by atoms with Crippen LogP contribution in [-0.2, 0) is 5.41 Å². The predicted octanol–water partition coefficient (Wildman–Crippen LogP) is 6.35. The number of aryl methyl sites for hydroxylation is 1. The Morgan fingerprint density at radius 1 is 0.963 bits per heavy atom. The molecular formula is C24H31N3. The first-order chi connectivity index (χ1) is 12.9. The van der Waals surface area contributed by atoms with Gasteiger partial charge in [-0.1, -0.05) is 70.4 Å². The van der Waals surface area contributed by atoms with E-state index in [0.717, 1.165) is 17.2 Å². The maximum atomic E-state index is 5.00. The molecule has 1 saturated carbocycles. The second-order valence-electron chi connectivity index (χ2n) is 8.98. The van der Waals surface area contributed by atoms with Gasteiger partial charge in [0.15, 0.2) is 0 Å². The number of imidazole rings is 1. The van der Waals surface area contributed by atoms with Gasteiger partial charge in [0.25, 0.3) is 0 Å². The summed E-state index contributed by atoms with van der Waals surface area (Å²) in [5.74, 6) is 1.15. The van der Waals surface area contributed by atoms with E-state index in [4.69, 9.17) is 4.98 Å². The van der Waals surface area contributed by atoms with Crippen LogP contribution in [0.2, 0.25) is 0 Å². The molecule has 3 aromatic rings. The number of nitrogens with zero attached hydrogens (tertiary/aromatic N) is 2. The molecule has 1 N–H and O–H groups in total. The van der Waals surface area contributed by atoms with E-state index in [1.165, 1.54) is 48.9 Å². The van der Waals surface area contributed by atoms with Gasteiger partial charge in [-0.05, 0) is 42.9 Å². The summed E-state index contributed by atoms with van der Waals surface area (Å²) >= 11 is 0. The summed E-state index contributed by atoms with van der Waals surface area (Å²) in [5.41, 5.74) is 6.00. The van der Waals surface area contributed by atoms with Crippen LogP contribution in [0.3, 0.4) is 0 Å². The minimum Gasteiger partial charge on any atom is -0.367 e. The number of benzene rings is 1. The van der Waals surface area contributed by atoms with Crippen LogP contribution in [0, 0.1) is 6.92 Å². The SMILES string of the molecule is Cc1cccc2nc(-c3ccc(C(C)(C)C)cc3)c(NC3CCCCC3)n12. The first-order valence-electron chi connectivity index (χ1n) is 10.3. The molecule has 0 radical (unpaired) electrons. The summed E-state index contributed by atoms with van der Waals surface area (Å²) in [4.78, 5) is 5.00. The minimum atomic E-state index is 0.164. The molecule has 0 bridgehead atoms. The maximum absolute atomic E-state index is 5.00. The number of hydrogen-bond acceptors (Lipinski definition) is 2. The summed E-state index contributed by atoms with van der Waals surface area (Å²) in [6.45, 7) is 8.93. The highest BCUT2D eigenvalue weighted by Gasteiger charge is 2.21. The van der Waals surface area contributed by atoms with E-state index in [1.807, 2.05) is 0 Å². The van der Waals surface area contributed by atoms with E-state index < -0.39 is 0 Å². The molecule has 1 aliphatic carbocycles. The van der Waals surface area contributed by atoms with Crippen molar-refractivity contribution in [3.8, 4) is 11.3 Å². The van der Waals surface area contributed by atoms with Gasteiger partial charge in [-0.2, -0.15) is 0 Å². The molecule has 27 heavy (non-hydrogen) atoms. The van der Waals surface area contributed by atoms with Gasteiger partial charge in [0.2, 0.25) is 0 Å². The normalized spacial score (nSPS) is 16.0. The Labute approximate surface area is 162 Å². The fraction of sp³-hybridized carbons (Fsp3) is 0.458. The van der Waals surface area contributed by atoms with Crippen molar-refractivity contribution in [2.75, 3.05) is 5.32 Å². The Morgan fingerprint density at radius 3 is 2.33 bits per heavy atom. The molecule has 1 aliphatic rings. The van der Waals surface area contributed by atoms with E-state index in [0.29, 0.717) is 6.04 Å². The van der Waals surface area contributed by atoms with Crippen molar-refractivity contribution in [2.45, 2.75) is 71.3 Å². The third kappa shape index (κ3) is 3.60. The summed E-state index contributed by atoms with van der Waals surface area (Å²) in [5, 5.41) is 3.86. The topological polar surface area (TPSA) is 29.3 Å². The standard InChI is InChI=1S/C24H31N3/c1-17-9-8-12-21-26-22(18-13-15-19(16-14-18)24(2,3)4)23(27(17)21)25-20-10-6-5-7-11-20/h8-9,12-16,20,25H,5-7,10-11H2,1-4H3. The highest BCUT2D eigenvalue weighted by atomic mass is 15.2. The Balaban J connectivity index is 1.79. The second-order valence-corrected chi connectivity index (χ2v) is 8.98. The molecule has 3 heteroatoms. The van der Waals surface area contributed by atoms with Crippen molar-refractivity contribution in [1.82, 2.24) is 9.38 Å². The second kappa shape index (κ2) is 7.03. The number of nitrogens with one attached hydrogen (secondary N) is 1. The maximum Gasteiger partial charge on any atom is 0.139 e. The van der Waals surface area contributed by atoms with Crippen LogP contribution in [0.5, 0.6) is 0 Å². The number of aromatic nitrogens is 2. The van der Waals surface area contributed by atoms with Crippen molar-refractivity contribution in [1.29, 1.82) is 0 Å². The van der Waals surface area contributed by atoms with Gasteiger partial charge in [-0.15, -0.1) is 0 Å². The number of hydrogen-bond donors (Lipinski definition) is 1. The molecule has 2 aromatic heterocycles. The fourth-order valence-electron chi connectivity index (χ4n) is 4.16. The van der Waals surface area contributed by atoms with E-state index in [9.17, 15) is 0 Å². The van der Waals surface area contributed by atoms with Gasteiger partial charge in [0.1, 0.15) is 17.2 Å². The molecule has 1 fully saturated rings. The number of anilines is 1. The number of rotatable bonds is 3. The largest absolute Gasteiger partial charge is 0.367 e. The Morgan fingerprint density at radius 2 is 1.67 bits per heavy atom. The molecule has 0 aliphatic heterocycles. The minimum absolute atomic E-state index is 0.164. The first kappa shape index (κ1) is 18.1. The molecule has 4 rings (SSSR count). The lowest BCUT2D eigenvalue weighted by Crippen LogP contribution is -2.23. The van der Waals surface area contributed by atoms with Crippen LogP contribution in [0.4, 0.5) is 5.82 Å². The van der Waals surface area contributed by atoms with E-state index in [-0.39, 0.29) is 5.41 Å². The van der Waals surface area contributed by atoms with Crippen molar-refractivity contribution in [3.05, 3.63) is 53.7 Å². The Bertz CT molecular complexity index is 923. The molecule has 2 heterocycles. The third-order valence-electron chi connectivity index (χ3n) is 5.81. The molecule has 0 saturated heterocycles. The lowest BCUT2D eigenvalue weighted by molar-refractivity contribution is 0.461. The van der Waals surface area contributed by atoms with Crippen LogP contribution >= 0.6 is 0 Å². The van der Waals surface area contributed by atoms with Crippen molar-refractivity contribution in [3.63, 3.8) is 0 Å². The zero-order valence-corrected chi connectivity index (χ0v) is 17.0. The highest BCUT2D eigenvalue weighted by molar-refractivity contribution is 5.77. The fourth-order valence-corrected chi connectivity index (χ4v) is 4.16. The molecule has 0 atom stereocenters. The Hall–Kier alpha value is -2.29. The smallest absolute Gasteiger partial charge is 0.139 e. The molecule has 0 amide bonds. The summed E-state index contributed by atoms with van der Waals surface area (Å²) in [6.07, 6.45) is 6.51. The molecule has 3 nitrogen and oxygen atoms in total. The zero-order valence-electron chi connectivity index (χ0n) is 17.0. The van der Waals surface area contributed by atoms with Gasteiger partial charge < -0.3 is 5.32 Å². The van der Waals surface area contributed by atoms with Crippen LogP contribution in [0.1, 0.15) is 64.1 Å². The van der Waals surface area contributed by atoms with Gasteiger partial charge in [0, 0.05) is 17.3 Å². The van der Waals surface area contributed by atoms with E-state index in [1.54, 1.807) is 0 Å². The summed E-state index contributed by atoms with van der Waals surface area (Å²) < 4.78 is 2.28. The van der Waals surface area contributed by atoms with Crippen molar-refractivity contribution < 1.29 is 0 Å². The monoisotopic (exact) mass is 361 g/mol. The van der Waals surface area contributed by atoms with Gasteiger partial charge in [-0.3, -0.25) is 4.40 Å². The quantitative estimate of drug-likeness (QED) is 0.589. The van der Waals surface area contributed by atoms with E-state index in [2.05, 4.69) is 79.9 Å². The van der Waals surface area contributed by atoms with Gasteiger partial charge in [0.05, 0.1) is 0 Å².